The van der Waals surface area contributed by atoms with E-state index in [-0.39, 0.29) is 11.8 Å². The fourth-order valence-corrected chi connectivity index (χ4v) is 3.43. The standard InChI is InChI=1S/C24H19BrN2O/c25-20-13-11-19(12-14-20)24(28)16-15-21-17-23(18-7-3-1-4-8-18)27(26-21)22-9-5-2-6-10-22/h1-17,23,26H/t23-/m1/s1. The van der Waals surface area contributed by atoms with Crippen LogP contribution in [0.15, 0.2) is 113 Å². The van der Waals surface area contributed by atoms with E-state index in [1.165, 1.54) is 5.56 Å². The lowest BCUT2D eigenvalue weighted by Crippen LogP contribution is -2.34. The molecular weight excluding hydrogens is 412 g/mol. The summed E-state index contributed by atoms with van der Waals surface area (Å²) in [6.07, 6.45) is 5.58. The molecule has 3 nitrogen and oxygen atoms in total. The van der Waals surface area contributed by atoms with E-state index >= 15 is 0 Å². The molecule has 1 atom stereocenters. The molecule has 0 aliphatic carbocycles. The minimum Gasteiger partial charge on any atom is -0.298 e. The van der Waals surface area contributed by atoms with Gasteiger partial charge in [-0.2, -0.15) is 0 Å². The van der Waals surface area contributed by atoms with Gasteiger partial charge < -0.3 is 0 Å². The van der Waals surface area contributed by atoms with Gasteiger partial charge >= 0.3 is 0 Å². The molecule has 0 radical (unpaired) electrons. The Morgan fingerprint density at radius 1 is 0.893 bits per heavy atom. The first-order valence-electron chi connectivity index (χ1n) is 9.06. The van der Waals surface area contributed by atoms with Crippen LogP contribution in [0.3, 0.4) is 0 Å². The second-order valence-electron chi connectivity index (χ2n) is 6.50. The number of ketones is 1. The van der Waals surface area contributed by atoms with Crippen molar-refractivity contribution in [3.63, 3.8) is 0 Å². The highest BCUT2D eigenvalue weighted by molar-refractivity contribution is 9.10. The zero-order chi connectivity index (χ0) is 19.3. The van der Waals surface area contributed by atoms with Crippen LogP contribution in [0.25, 0.3) is 0 Å². The van der Waals surface area contributed by atoms with Gasteiger partial charge in [-0.25, -0.2) is 0 Å². The SMILES string of the molecule is O=C(C=CC1=C[C@H](c2ccccc2)N(c2ccccc2)N1)c1ccc(Br)cc1. The van der Waals surface area contributed by atoms with Gasteiger partial charge in [-0.3, -0.25) is 15.2 Å². The van der Waals surface area contributed by atoms with Gasteiger partial charge in [-0.1, -0.05) is 64.5 Å². The molecule has 4 rings (SSSR count). The maximum Gasteiger partial charge on any atom is 0.185 e. The average Bonchev–Trinajstić information content (AvgIpc) is 3.18. The molecule has 0 aromatic heterocycles. The van der Waals surface area contributed by atoms with Crippen LogP contribution >= 0.6 is 15.9 Å². The van der Waals surface area contributed by atoms with Crippen LogP contribution in [0.4, 0.5) is 5.69 Å². The molecule has 3 aromatic rings. The Hall–Kier alpha value is -3.11. The first kappa shape index (κ1) is 18.3. The minimum atomic E-state index is -0.0235. The molecule has 1 N–H and O–H groups in total. The molecule has 28 heavy (non-hydrogen) atoms. The van der Waals surface area contributed by atoms with Crippen LogP contribution in [0.1, 0.15) is 22.0 Å². The number of carbonyl (C=O) groups is 1. The lowest BCUT2D eigenvalue weighted by molar-refractivity contribution is 0.104. The van der Waals surface area contributed by atoms with Gasteiger partial charge in [-0.15, -0.1) is 0 Å². The van der Waals surface area contributed by atoms with Crippen molar-refractivity contribution in [1.29, 1.82) is 0 Å². The zero-order valence-electron chi connectivity index (χ0n) is 15.1. The van der Waals surface area contributed by atoms with Crippen LogP contribution in [0.5, 0.6) is 0 Å². The van der Waals surface area contributed by atoms with Gasteiger partial charge in [0.05, 0.1) is 17.4 Å². The van der Waals surface area contributed by atoms with E-state index in [1.54, 1.807) is 6.08 Å². The maximum atomic E-state index is 12.4. The number of halogens is 1. The van der Waals surface area contributed by atoms with E-state index in [2.05, 4.69) is 56.7 Å². The van der Waals surface area contributed by atoms with Gasteiger partial charge in [-0.05, 0) is 60.2 Å². The highest BCUT2D eigenvalue weighted by atomic mass is 79.9. The Labute approximate surface area is 173 Å². The molecule has 138 valence electrons. The molecule has 0 saturated carbocycles. The number of benzene rings is 3. The van der Waals surface area contributed by atoms with Crippen molar-refractivity contribution in [2.45, 2.75) is 6.04 Å². The summed E-state index contributed by atoms with van der Waals surface area (Å²) in [4.78, 5) is 12.4. The van der Waals surface area contributed by atoms with Gasteiger partial charge in [0.25, 0.3) is 0 Å². The fourth-order valence-electron chi connectivity index (χ4n) is 3.17. The van der Waals surface area contributed by atoms with Crippen LogP contribution < -0.4 is 10.4 Å². The van der Waals surface area contributed by atoms with Crippen molar-refractivity contribution in [3.05, 3.63) is 124 Å². The quantitative estimate of drug-likeness (QED) is 0.407. The molecular formula is C24H19BrN2O. The number of anilines is 1. The Bertz CT molecular complexity index is 1010. The number of nitrogens with zero attached hydrogens (tertiary/aromatic N) is 1. The summed E-state index contributed by atoms with van der Waals surface area (Å²) in [7, 11) is 0. The van der Waals surface area contributed by atoms with Crippen molar-refractivity contribution in [2.24, 2.45) is 0 Å². The van der Waals surface area contributed by atoms with Crippen molar-refractivity contribution < 1.29 is 4.79 Å². The molecule has 0 bridgehead atoms. The highest BCUT2D eigenvalue weighted by Crippen LogP contribution is 2.32. The van der Waals surface area contributed by atoms with E-state index in [1.807, 2.05) is 66.7 Å². The molecule has 0 amide bonds. The largest absolute Gasteiger partial charge is 0.298 e. The Balaban J connectivity index is 1.59. The molecule has 0 fully saturated rings. The number of nitrogens with one attached hydrogen (secondary N) is 1. The molecule has 1 aliphatic heterocycles. The number of allylic oxidation sites excluding steroid dienone is 2. The number of rotatable bonds is 5. The summed E-state index contributed by atoms with van der Waals surface area (Å²) >= 11 is 3.39. The number of hydrazine groups is 1. The fraction of sp³-hybridized carbons (Fsp3) is 0.0417. The van der Waals surface area contributed by atoms with Gasteiger partial charge in [0.15, 0.2) is 5.78 Å². The summed E-state index contributed by atoms with van der Waals surface area (Å²) in [6, 6.07) is 27.9. The molecule has 3 aromatic carbocycles. The van der Waals surface area contributed by atoms with E-state index in [9.17, 15) is 4.79 Å². The molecule has 1 heterocycles. The van der Waals surface area contributed by atoms with Gasteiger partial charge in [0.2, 0.25) is 0 Å². The van der Waals surface area contributed by atoms with Crippen molar-refractivity contribution in [2.75, 3.05) is 5.01 Å². The monoisotopic (exact) mass is 430 g/mol. The molecule has 1 aliphatic rings. The predicted molar refractivity (Wildman–Crippen MR) is 117 cm³/mol. The summed E-state index contributed by atoms with van der Waals surface area (Å²) in [5.74, 6) is -0.0235. The second-order valence-corrected chi connectivity index (χ2v) is 7.42. The Morgan fingerprint density at radius 3 is 2.21 bits per heavy atom. The third-order valence-corrected chi connectivity index (χ3v) is 5.11. The molecule has 0 saturated heterocycles. The normalized spacial score (nSPS) is 16.1. The minimum absolute atomic E-state index is 0.0235. The Kier molecular flexibility index (Phi) is 5.40. The van der Waals surface area contributed by atoms with Gasteiger partial charge in [0, 0.05) is 10.0 Å². The first-order chi connectivity index (χ1) is 13.7. The predicted octanol–water partition coefficient (Wildman–Crippen LogP) is 5.84. The average molecular weight is 431 g/mol. The van der Waals surface area contributed by atoms with Gasteiger partial charge in [0.1, 0.15) is 0 Å². The third-order valence-electron chi connectivity index (χ3n) is 4.58. The summed E-state index contributed by atoms with van der Waals surface area (Å²) in [6.45, 7) is 0. The summed E-state index contributed by atoms with van der Waals surface area (Å²) in [5, 5.41) is 2.11. The van der Waals surface area contributed by atoms with E-state index in [4.69, 9.17) is 0 Å². The summed E-state index contributed by atoms with van der Waals surface area (Å²) in [5.41, 5.74) is 7.22. The molecule has 0 unspecified atom stereocenters. The van der Waals surface area contributed by atoms with Crippen molar-refractivity contribution in [1.82, 2.24) is 5.43 Å². The van der Waals surface area contributed by atoms with Crippen LogP contribution in [-0.4, -0.2) is 5.78 Å². The van der Waals surface area contributed by atoms with Crippen molar-refractivity contribution in [3.8, 4) is 0 Å². The maximum absolute atomic E-state index is 12.4. The lowest BCUT2D eigenvalue weighted by atomic mass is 10.1. The lowest BCUT2D eigenvalue weighted by Gasteiger charge is -2.27. The first-order valence-corrected chi connectivity index (χ1v) is 9.86. The number of carbonyl (C=O) groups excluding carboxylic acids is 1. The van der Waals surface area contributed by atoms with Crippen LogP contribution in [0.2, 0.25) is 0 Å². The molecule has 0 spiro atoms. The Morgan fingerprint density at radius 2 is 1.54 bits per heavy atom. The van der Waals surface area contributed by atoms with E-state index in [0.29, 0.717) is 5.56 Å². The van der Waals surface area contributed by atoms with Crippen LogP contribution in [0, 0.1) is 0 Å². The van der Waals surface area contributed by atoms with Crippen LogP contribution in [-0.2, 0) is 0 Å². The molecule has 4 heteroatoms. The highest BCUT2D eigenvalue weighted by Gasteiger charge is 2.25. The topological polar surface area (TPSA) is 32.3 Å². The summed E-state index contributed by atoms with van der Waals surface area (Å²) < 4.78 is 0.956. The smallest absolute Gasteiger partial charge is 0.185 e. The number of hydrogen-bond donors (Lipinski definition) is 1. The van der Waals surface area contributed by atoms with E-state index < -0.39 is 0 Å². The third kappa shape index (κ3) is 4.07. The van der Waals surface area contributed by atoms with E-state index in [0.717, 1.165) is 15.9 Å². The number of para-hydroxylation sites is 1. The van der Waals surface area contributed by atoms with Crippen molar-refractivity contribution >= 4 is 27.4 Å². The second kappa shape index (κ2) is 8.28. The number of hydrogen-bond acceptors (Lipinski definition) is 3. The zero-order valence-corrected chi connectivity index (χ0v) is 16.7.